The van der Waals surface area contributed by atoms with Gasteiger partial charge in [0.25, 0.3) is 0 Å². The summed E-state index contributed by atoms with van der Waals surface area (Å²) in [5.41, 5.74) is 2.36. The summed E-state index contributed by atoms with van der Waals surface area (Å²) >= 11 is 0. The second kappa shape index (κ2) is 20.3. The summed E-state index contributed by atoms with van der Waals surface area (Å²) in [6.07, 6.45) is 7.96. The van der Waals surface area contributed by atoms with Crippen LogP contribution in [0.5, 0.6) is 23.0 Å². The summed E-state index contributed by atoms with van der Waals surface area (Å²) < 4.78 is 23.3. The number of carbonyl (C=O) groups excluding carboxylic acids is 2. The summed E-state index contributed by atoms with van der Waals surface area (Å²) in [7, 11) is 3.37. The number of anilines is 2. The average Bonchev–Trinajstić information content (AvgIpc) is 3.78. The number of benzene rings is 3. The van der Waals surface area contributed by atoms with Gasteiger partial charge in [0.1, 0.15) is 23.6 Å². The average molecular weight is 608 g/mol. The van der Waals surface area contributed by atoms with E-state index >= 15 is 0 Å². The topological polar surface area (TPSA) is 110 Å². The molecule has 44 heavy (non-hydrogen) atoms. The molecule has 9 heteroatoms. The molecule has 5 rings (SSSR count). The van der Waals surface area contributed by atoms with E-state index in [9.17, 15) is 19.1 Å². The number of aromatic hydroxyl groups is 1. The number of fused-ring (bicyclic) bond motifs is 1. The summed E-state index contributed by atoms with van der Waals surface area (Å²) in [6.45, 7) is 10.5. The highest BCUT2D eigenvalue weighted by Gasteiger charge is 2.36. The molecular weight excluding hydrogens is 561 g/mol. The van der Waals surface area contributed by atoms with Crippen LogP contribution in [-0.2, 0) is 9.59 Å². The molecule has 0 atom stereocenters. The van der Waals surface area contributed by atoms with E-state index in [4.69, 9.17) is 9.47 Å². The van der Waals surface area contributed by atoms with Crippen LogP contribution in [0.3, 0.4) is 0 Å². The fraction of sp³-hybridized carbons (Fsp3) is 0.343. The number of hydrogen-bond donors (Lipinski definition) is 3. The normalized spacial score (nSPS) is 11.6. The highest BCUT2D eigenvalue weighted by Crippen LogP contribution is 2.42. The predicted octanol–water partition coefficient (Wildman–Crippen LogP) is 9.00. The minimum absolute atomic E-state index is 0.0537. The van der Waals surface area contributed by atoms with Crippen LogP contribution < -0.4 is 20.1 Å². The van der Waals surface area contributed by atoms with Gasteiger partial charge in [0.15, 0.2) is 11.5 Å². The number of nitrogens with one attached hydrogen (secondary N) is 2. The Morgan fingerprint density at radius 1 is 0.909 bits per heavy atom. The molecule has 0 bridgehead atoms. The fourth-order valence-electron chi connectivity index (χ4n) is 3.13. The van der Waals surface area contributed by atoms with Crippen molar-refractivity contribution in [2.24, 2.45) is 5.41 Å². The van der Waals surface area contributed by atoms with Gasteiger partial charge in [0, 0.05) is 41.5 Å². The highest BCUT2D eigenvalue weighted by molar-refractivity contribution is 5.88. The number of phenols is 1. The van der Waals surface area contributed by atoms with E-state index in [0.717, 1.165) is 36.0 Å². The number of pyridine rings is 1. The standard InChI is InChI=1S/C17H16N2O3.C7H6FNO.C5H8O.2C3H8/c1-18-11-3-5-12(6-4-11)22-16-7-8-19-14-10-15(20)17(21-2)9-13(14)16;8-6-1-3-7(4-2-6)9-5-10;1-5(4-6)2-3-5;2*1-3-2/h3-10,18,20H,1-2H3;1-5H,(H,9,10);4H,2-3H2,1H3;2*3H2,1-2H3. The first-order valence-electron chi connectivity index (χ1n) is 14.7. The molecule has 1 fully saturated rings. The van der Waals surface area contributed by atoms with E-state index in [1.54, 1.807) is 24.4 Å². The first-order valence-corrected chi connectivity index (χ1v) is 14.7. The summed E-state index contributed by atoms with van der Waals surface area (Å²) in [5.74, 6) is 1.50. The number of halogens is 1. The Morgan fingerprint density at radius 3 is 1.93 bits per heavy atom. The van der Waals surface area contributed by atoms with E-state index in [1.807, 2.05) is 38.2 Å². The lowest BCUT2D eigenvalue weighted by atomic mass is 10.2. The molecule has 1 heterocycles. The van der Waals surface area contributed by atoms with E-state index < -0.39 is 0 Å². The lowest BCUT2D eigenvalue weighted by molar-refractivity contribution is -0.111. The highest BCUT2D eigenvalue weighted by atomic mass is 19.1. The van der Waals surface area contributed by atoms with Gasteiger partial charge in [0.05, 0.1) is 12.6 Å². The number of rotatable bonds is 7. The van der Waals surface area contributed by atoms with Gasteiger partial charge >= 0.3 is 0 Å². The maximum atomic E-state index is 12.2. The van der Waals surface area contributed by atoms with Crippen molar-refractivity contribution in [1.82, 2.24) is 4.98 Å². The maximum absolute atomic E-state index is 12.2. The summed E-state index contributed by atoms with van der Waals surface area (Å²) in [4.78, 5) is 24.0. The van der Waals surface area contributed by atoms with Crippen molar-refractivity contribution in [3.8, 4) is 23.0 Å². The zero-order valence-electron chi connectivity index (χ0n) is 26.8. The molecule has 238 valence electrons. The molecular formula is C35H46FN3O5. The van der Waals surface area contributed by atoms with Crippen LogP contribution in [0.4, 0.5) is 15.8 Å². The van der Waals surface area contributed by atoms with Gasteiger partial charge in [-0.05, 0) is 73.5 Å². The largest absolute Gasteiger partial charge is 0.504 e. The third kappa shape index (κ3) is 13.5. The molecule has 1 aliphatic carbocycles. The van der Waals surface area contributed by atoms with E-state index in [0.29, 0.717) is 29.1 Å². The zero-order valence-corrected chi connectivity index (χ0v) is 26.8. The monoisotopic (exact) mass is 607 g/mol. The second-order valence-corrected chi connectivity index (χ2v) is 10.2. The van der Waals surface area contributed by atoms with Crippen molar-refractivity contribution in [3.05, 3.63) is 78.7 Å². The van der Waals surface area contributed by atoms with Gasteiger partial charge in [-0.1, -0.05) is 47.5 Å². The Kier molecular flexibility index (Phi) is 17.2. The van der Waals surface area contributed by atoms with Gasteiger partial charge in [-0.25, -0.2) is 4.39 Å². The molecule has 0 radical (unpaired) electrons. The van der Waals surface area contributed by atoms with Crippen molar-refractivity contribution in [3.63, 3.8) is 0 Å². The molecule has 1 amide bonds. The van der Waals surface area contributed by atoms with E-state index in [-0.39, 0.29) is 17.0 Å². The van der Waals surface area contributed by atoms with Gasteiger partial charge in [-0.2, -0.15) is 0 Å². The van der Waals surface area contributed by atoms with Gasteiger partial charge in [-0.3, -0.25) is 9.78 Å². The first-order chi connectivity index (χ1) is 21.1. The molecule has 1 aromatic heterocycles. The van der Waals surface area contributed by atoms with E-state index in [1.165, 1.54) is 44.2 Å². The van der Waals surface area contributed by atoms with Crippen molar-refractivity contribution in [2.75, 3.05) is 24.8 Å². The quantitative estimate of drug-likeness (QED) is 0.180. The molecule has 0 unspecified atom stereocenters. The summed E-state index contributed by atoms with van der Waals surface area (Å²) in [6, 6.07) is 18.2. The molecule has 3 N–H and O–H groups in total. The number of ether oxygens (including phenoxy) is 2. The molecule has 3 aromatic carbocycles. The number of aldehydes is 1. The van der Waals surface area contributed by atoms with Crippen molar-refractivity contribution in [1.29, 1.82) is 0 Å². The maximum Gasteiger partial charge on any atom is 0.211 e. The predicted molar refractivity (Wildman–Crippen MR) is 177 cm³/mol. The lowest BCUT2D eigenvalue weighted by Crippen LogP contribution is -1.92. The molecule has 1 aliphatic rings. The second-order valence-electron chi connectivity index (χ2n) is 10.2. The van der Waals surface area contributed by atoms with Crippen LogP contribution in [0.2, 0.25) is 0 Å². The number of amides is 1. The minimum atomic E-state index is -0.309. The number of aromatic nitrogens is 1. The SMILES string of the molecule is CC1(C=O)CC1.CCC.CCC.CNc1ccc(Oc2ccnc3cc(O)c(OC)cc23)cc1.O=CNc1ccc(F)cc1. The van der Waals surface area contributed by atoms with Gasteiger partial charge < -0.3 is 30.0 Å². The van der Waals surface area contributed by atoms with Crippen LogP contribution in [0.25, 0.3) is 10.9 Å². The van der Waals surface area contributed by atoms with Crippen LogP contribution in [0, 0.1) is 11.2 Å². The van der Waals surface area contributed by atoms with Gasteiger partial charge in [0.2, 0.25) is 6.41 Å². The van der Waals surface area contributed by atoms with Crippen molar-refractivity contribution in [2.45, 2.75) is 60.3 Å². The number of nitrogens with zero attached hydrogens (tertiary/aromatic N) is 1. The number of hydrogen-bond acceptors (Lipinski definition) is 7. The summed E-state index contributed by atoms with van der Waals surface area (Å²) in [5, 5.41) is 16.1. The number of methoxy groups -OCH3 is 1. The molecule has 8 nitrogen and oxygen atoms in total. The Balaban J connectivity index is 0.000000361. The van der Waals surface area contributed by atoms with Crippen molar-refractivity contribution < 1.29 is 28.6 Å². The van der Waals surface area contributed by atoms with Gasteiger partial charge in [-0.15, -0.1) is 0 Å². The third-order valence-electron chi connectivity index (χ3n) is 5.77. The Labute approximate surface area is 260 Å². The molecule has 0 spiro atoms. The molecule has 0 saturated heterocycles. The third-order valence-corrected chi connectivity index (χ3v) is 5.77. The van der Waals surface area contributed by atoms with Crippen LogP contribution in [0.1, 0.15) is 60.3 Å². The first kappa shape index (κ1) is 37.4. The smallest absolute Gasteiger partial charge is 0.211 e. The van der Waals surface area contributed by atoms with Crippen LogP contribution in [0.15, 0.2) is 72.9 Å². The van der Waals surface area contributed by atoms with Crippen molar-refractivity contribution >= 4 is 35.0 Å². The lowest BCUT2D eigenvalue weighted by Gasteiger charge is -2.11. The molecule has 0 aliphatic heterocycles. The van der Waals surface area contributed by atoms with Crippen LogP contribution >= 0.6 is 0 Å². The number of carbonyl (C=O) groups is 2. The zero-order chi connectivity index (χ0) is 33.0. The fourth-order valence-corrected chi connectivity index (χ4v) is 3.13. The van der Waals surface area contributed by atoms with E-state index in [2.05, 4.69) is 43.3 Å². The Bertz CT molecular complexity index is 1390. The van der Waals surface area contributed by atoms with Crippen LogP contribution in [-0.4, -0.2) is 36.9 Å². The molecule has 1 saturated carbocycles. The number of phenolic OH excluding ortho intramolecular Hbond substituents is 1. The Hall–Kier alpha value is -4.66. The molecule has 4 aromatic rings. The minimum Gasteiger partial charge on any atom is -0.504 e. The Morgan fingerprint density at radius 2 is 1.48 bits per heavy atom.